The molecule has 3 heteroatoms. The van der Waals surface area contributed by atoms with Crippen LogP contribution in [0.4, 0.5) is 0 Å². The van der Waals surface area contributed by atoms with Crippen molar-refractivity contribution in [3.8, 4) is 0 Å². The van der Waals surface area contributed by atoms with Crippen molar-refractivity contribution in [2.75, 3.05) is 13.1 Å². The second kappa shape index (κ2) is 3.66. The normalized spacial score (nSPS) is 19.9. The van der Waals surface area contributed by atoms with Crippen molar-refractivity contribution < 1.29 is 9.90 Å². The Labute approximate surface area is 79.7 Å². The van der Waals surface area contributed by atoms with Crippen LogP contribution in [0, 0.1) is 5.92 Å². The Morgan fingerprint density at radius 1 is 1.54 bits per heavy atom. The Bertz CT molecular complexity index is 195. The molecule has 13 heavy (non-hydrogen) atoms. The maximum absolute atomic E-state index is 10.6. The van der Waals surface area contributed by atoms with E-state index in [9.17, 15) is 4.79 Å². The van der Waals surface area contributed by atoms with Gasteiger partial charge in [0.1, 0.15) is 0 Å². The summed E-state index contributed by atoms with van der Waals surface area (Å²) in [6.45, 7) is 8.33. The van der Waals surface area contributed by atoms with Crippen LogP contribution < -0.4 is 0 Å². The van der Waals surface area contributed by atoms with E-state index in [0.717, 1.165) is 19.0 Å². The molecule has 0 aromatic heterocycles. The lowest BCUT2D eigenvalue weighted by molar-refractivity contribution is -0.141. The average molecular weight is 185 g/mol. The summed E-state index contributed by atoms with van der Waals surface area (Å²) >= 11 is 0. The van der Waals surface area contributed by atoms with Crippen LogP contribution in [-0.4, -0.2) is 34.6 Å². The fourth-order valence-electron chi connectivity index (χ4n) is 1.80. The summed E-state index contributed by atoms with van der Waals surface area (Å²) < 4.78 is 0. The van der Waals surface area contributed by atoms with Crippen molar-refractivity contribution >= 4 is 5.97 Å². The van der Waals surface area contributed by atoms with Crippen molar-refractivity contribution in [3.63, 3.8) is 0 Å². The predicted molar refractivity (Wildman–Crippen MR) is 51.7 cm³/mol. The molecule has 3 nitrogen and oxygen atoms in total. The van der Waals surface area contributed by atoms with E-state index in [4.69, 9.17) is 5.11 Å². The van der Waals surface area contributed by atoms with E-state index in [-0.39, 0.29) is 12.0 Å². The largest absolute Gasteiger partial charge is 0.481 e. The van der Waals surface area contributed by atoms with Crippen LogP contribution in [0.3, 0.4) is 0 Å². The molecular weight excluding hydrogens is 166 g/mol. The molecule has 1 aliphatic rings. The summed E-state index contributed by atoms with van der Waals surface area (Å²) in [7, 11) is 0. The number of nitrogens with zero attached hydrogens (tertiary/aromatic N) is 1. The molecule has 1 N–H and O–H groups in total. The number of likely N-dealkylation sites (tertiary alicyclic amines) is 1. The Morgan fingerprint density at radius 3 is 2.46 bits per heavy atom. The van der Waals surface area contributed by atoms with E-state index < -0.39 is 5.97 Å². The fraction of sp³-hybridized carbons (Fsp3) is 0.900. The van der Waals surface area contributed by atoms with Gasteiger partial charge in [0.25, 0.3) is 0 Å². The SMILES string of the molecule is CCC1CN(C(C)(C)CC(=O)O)C1. The van der Waals surface area contributed by atoms with Gasteiger partial charge in [0.05, 0.1) is 6.42 Å². The molecule has 0 saturated carbocycles. The number of hydrogen-bond donors (Lipinski definition) is 1. The monoisotopic (exact) mass is 185 g/mol. The number of hydrogen-bond acceptors (Lipinski definition) is 2. The summed E-state index contributed by atoms with van der Waals surface area (Å²) in [5.74, 6) is 0.0815. The molecule has 1 heterocycles. The van der Waals surface area contributed by atoms with Gasteiger partial charge in [-0.05, 0) is 19.8 Å². The topological polar surface area (TPSA) is 40.5 Å². The summed E-state index contributed by atoms with van der Waals surface area (Å²) in [6, 6.07) is 0. The van der Waals surface area contributed by atoms with Crippen LogP contribution in [0.2, 0.25) is 0 Å². The molecule has 0 atom stereocenters. The first-order valence-corrected chi connectivity index (χ1v) is 4.92. The highest BCUT2D eigenvalue weighted by molar-refractivity contribution is 5.68. The van der Waals surface area contributed by atoms with Crippen LogP contribution in [0.15, 0.2) is 0 Å². The summed E-state index contributed by atoms with van der Waals surface area (Å²) in [5.41, 5.74) is -0.169. The standard InChI is InChI=1S/C10H19NO2/c1-4-8-6-11(7-8)10(2,3)5-9(12)13/h8H,4-7H2,1-3H3,(H,12,13). The molecule has 0 amide bonds. The van der Waals surface area contributed by atoms with E-state index >= 15 is 0 Å². The highest BCUT2D eigenvalue weighted by Gasteiger charge is 2.37. The number of carbonyl (C=O) groups is 1. The van der Waals surface area contributed by atoms with E-state index in [1.165, 1.54) is 6.42 Å². The maximum Gasteiger partial charge on any atom is 0.305 e. The lowest BCUT2D eigenvalue weighted by atomic mass is 9.88. The van der Waals surface area contributed by atoms with Gasteiger partial charge in [-0.2, -0.15) is 0 Å². The molecule has 0 unspecified atom stereocenters. The summed E-state index contributed by atoms with van der Waals surface area (Å²) in [5, 5.41) is 8.71. The molecule has 76 valence electrons. The average Bonchev–Trinajstić information content (AvgIpc) is 1.79. The van der Waals surface area contributed by atoms with Gasteiger partial charge in [-0.1, -0.05) is 13.3 Å². The van der Waals surface area contributed by atoms with Crippen molar-refractivity contribution in [1.82, 2.24) is 4.90 Å². The Hall–Kier alpha value is -0.570. The minimum Gasteiger partial charge on any atom is -0.481 e. The quantitative estimate of drug-likeness (QED) is 0.723. The van der Waals surface area contributed by atoms with E-state index in [1.807, 2.05) is 13.8 Å². The van der Waals surface area contributed by atoms with Gasteiger partial charge in [-0.15, -0.1) is 0 Å². The lowest BCUT2D eigenvalue weighted by Gasteiger charge is -2.48. The van der Waals surface area contributed by atoms with Crippen LogP contribution in [0.1, 0.15) is 33.6 Å². The lowest BCUT2D eigenvalue weighted by Crippen LogP contribution is -2.57. The molecular formula is C10H19NO2. The third-order valence-corrected chi connectivity index (χ3v) is 2.97. The third kappa shape index (κ3) is 2.44. The fourth-order valence-corrected chi connectivity index (χ4v) is 1.80. The van der Waals surface area contributed by atoms with E-state index in [1.54, 1.807) is 0 Å². The van der Waals surface area contributed by atoms with Gasteiger partial charge < -0.3 is 5.11 Å². The van der Waals surface area contributed by atoms with Crippen molar-refractivity contribution in [2.24, 2.45) is 5.92 Å². The van der Waals surface area contributed by atoms with E-state index in [0.29, 0.717) is 0 Å². The molecule has 0 aliphatic carbocycles. The smallest absolute Gasteiger partial charge is 0.305 e. The van der Waals surface area contributed by atoms with Gasteiger partial charge in [-0.3, -0.25) is 9.69 Å². The van der Waals surface area contributed by atoms with Crippen LogP contribution in [0.5, 0.6) is 0 Å². The van der Waals surface area contributed by atoms with Gasteiger partial charge >= 0.3 is 5.97 Å². The zero-order valence-electron chi connectivity index (χ0n) is 8.71. The highest BCUT2D eigenvalue weighted by Crippen LogP contribution is 2.29. The summed E-state index contributed by atoms with van der Waals surface area (Å²) in [6.07, 6.45) is 1.45. The first kappa shape index (κ1) is 10.5. The second-order valence-electron chi connectivity index (χ2n) is 4.56. The zero-order chi connectivity index (χ0) is 10.1. The van der Waals surface area contributed by atoms with Gasteiger partial charge in [0.15, 0.2) is 0 Å². The molecule has 1 fully saturated rings. The number of aliphatic carboxylic acids is 1. The number of carboxylic acids is 1. The minimum atomic E-state index is -0.704. The molecule has 0 bridgehead atoms. The van der Waals surface area contributed by atoms with Crippen LogP contribution in [0.25, 0.3) is 0 Å². The van der Waals surface area contributed by atoms with Crippen LogP contribution >= 0.6 is 0 Å². The Morgan fingerprint density at radius 2 is 2.08 bits per heavy atom. The molecule has 0 radical (unpaired) electrons. The van der Waals surface area contributed by atoms with Crippen molar-refractivity contribution in [3.05, 3.63) is 0 Å². The Balaban J connectivity index is 2.39. The van der Waals surface area contributed by atoms with Crippen LogP contribution in [-0.2, 0) is 4.79 Å². The predicted octanol–water partition coefficient (Wildman–Crippen LogP) is 1.58. The number of carboxylic acid groups (broad SMARTS) is 1. The molecule has 1 aliphatic heterocycles. The van der Waals surface area contributed by atoms with Gasteiger partial charge in [0, 0.05) is 18.6 Å². The summed E-state index contributed by atoms with van der Waals surface area (Å²) in [4.78, 5) is 12.8. The van der Waals surface area contributed by atoms with Gasteiger partial charge in [0.2, 0.25) is 0 Å². The highest BCUT2D eigenvalue weighted by atomic mass is 16.4. The second-order valence-corrected chi connectivity index (χ2v) is 4.56. The zero-order valence-corrected chi connectivity index (χ0v) is 8.71. The first-order chi connectivity index (χ1) is 5.95. The molecule has 0 aromatic rings. The molecule has 0 aromatic carbocycles. The van der Waals surface area contributed by atoms with E-state index in [2.05, 4.69) is 11.8 Å². The molecule has 0 spiro atoms. The third-order valence-electron chi connectivity index (χ3n) is 2.97. The van der Waals surface area contributed by atoms with Crippen molar-refractivity contribution in [2.45, 2.75) is 39.2 Å². The molecule has 1 rings (SSSR count). The molecule has 1 saturated heterocycles. The van der Waals surface area contributed by atoms with Crippen molar-refractivity contribution in [1.29, 1.82) is 0 Å². The first-order valence-electron chi connectivity index (χ1n) is 4.92. The Kier molecular flexibility index (Phi) is 2.96. The van der Waals surface area contributed by atoms with Gasteiger partial charge in [-0.25, -0.2) is 0 Å². The minimum absolute atomic E-state index is 0.169. The maximum atomic E-state index is 10.6. The number of rotatable bonds is 4.